The molecule has 1 heterocycles. The second-order valence-corrected chi connectivity index (χ2v) is 11.0. The van der Waals surface area contributed by atoms with E-state index in [2.05, 4.69) is 49.8 Å². The van der Waals surface area contributed by atoms with E-state index in [4.69, 9.17) is 4.74 Å². The highest BCUT2D eigenvalue weighted by atomic mass is 79.9. The summed E-state index contributed by atoms with van der Waals surface area (Å²) in [6, 6.07) is 22.7. The molecule has 1 aliphatic heterocycles. The first-order valence-corrected chi connectivity index (χ1v) is 13.6. The van der Waals surface area contributed by atoms with E-state index in [-0.39, 0.29) is 4.90 Å². The van der Waals surface area contributed by atoms with Crippen molar-refractivity contribution in [2.75, 3.05) is 19.6 Å². The number of nitrogens with zero attached hydrogens (tertiary/aromatic N) is 1. The van der Waals surface area contributed by atoms with Gasteiger partial charge in [0.15, 0.2) is 0 Å². The molecule has 0 radical (unpaired) electrons. The molecule has 0 fully saturated rings. The smallest absolute Gasteiger partial charge is 0.240 e. The van der Waals surface area contributed by atoms with Gasteiger partial charge in [0.25, 0.3) is 0 Å². The van der Waals surface area contributed by atoms with Gasteiger partial charge >= 0.3 is 0 Å². The Bertz CT molecular complexity index is 1170. The van der Waals surface area contributed by atoms with Gasteiger partial charge in [-0.05, 0) is 73.3 Å². The molecule has 0 spiro atoms. The molecule has 0 amide bonds. The van der Waals surface area contributed by atoms with E-state index in [1.807, 2.05) is 24.3 Å². The molecule has 3 aromatic carbocycles. The third kappa shape index (κ3) is 6.90. The van der Waals surface area contributed by atoms with Crippen LogP contribution in [0.4, 0.5) is 0 Å². The maximum atomic E-state index is 12.7. The van der Waals surface area contributed by atoms with Crippen LogP contribution < -0.4 is 9.46 Å². The summed E-state index contributed by atoms with van der Waals surface area (Å²) in [6.45, 7) is 3.60. The Kier molecular flexibility index (Phi) is 8.20. The lowest BCUT2D eigenvalue weighted by molar-refractivity contribution is 0.248. The first-order valence-electron chi connectivity index (χ1n) is 11.3. The van der Waals surface area contributed by atoms with Gasteiger partial charge < -0.3 is 4.74 Å². The molecule has 3 aromatic rings. The summed E-state index contributed by atoms with van der Waals surface area (Å²) < 4.78 is 34.9. The van der Waals surface area contributed by atoms with Crippen molar-refractivity contribution in [3.05, 3.63) is 88.4 Å². The van der Waals surface area contributed by atoms with Gasteiger partial charge in [-0.25, -0.2) is 13.1 Å². The summed E-state index contributed by atoms with van der Waals surface area (Å²) >= 11 is 3.39. The predicted molar refractivity (Wildman–Crippen MR) is 135 cm³/mol. The monoisotopic (exact) mass is 528 g/mol. The normalized spacial score (nSPS) is 14.1. The predicted octanol–water partition coefficient (Wildman–Crippen LogP) is 5.75. The lowest BCUT2D eigenvalue weighted by Crippen LogP contribution is -2.31. The third-order valence-corrected chi connectivity index (χ3v) is 7.81. The highest BCUT2D eigenvalue weighted by Gasteiger charge is 2.16. The molecule has 0 unspecified atom stereocenters. The summed E-state index contributed by atoms with van der Waals surface area (Å²) in [5, 5.41) is 0. The number of hydrogen-bond acceptors (Lipinski definition) is 4. The highest BCUT2D eigenvalue weighted by Crippen LogP contribution is 2.25. The number of unbranched alkanes of at least 4 members (excludes halogenated alkanes) is 2. The van der Waals surface area contributed by atoms with Crippen LogP contribution in [-0.4, -0.2) is 33.0 Å². The Hall–Kier alpha value is -2.19. The number of hydrogen-bond donors (Lipinski definition) is 1. The fraction of sp³-hybridized carbons (Fsp3) is 0.308. The molecule has 0 atom stereocenters. The standard InChI is InChI=1S/C26H29BrN2O3S/c27-23-11-13-24(14-12-23)32-25-9-6-10-26(19-25)33(30,31)28-16-4-1-5-17-29-18-15-21-7-2-3-8-22(21)20-29/h2-3,6-14,19,28H,1,4-5,15-18,20H2. The van der Waals surface area contributed by atoms with E-state index >= 15 is 0 Å². The largest absolute Gasteiger partial charge is 0.457 e. The van der Waals surface area contributed by atoms with Gasteiger partial charge in [-0.2, -0.15) is 0 Å². The average molecular weight is 530 g/mol. The quantitative estimate of drug-likeness (QED) is 0.340. The van der Waals surface area contributed by atoms with Crippen LogP contribution in [0.25, 0.3) is 0 Å². The molecule has 1 N–H and O–H groups in total. The molecule has 0 saturated heterocycles. The van der Waals surface area contributed by atoms with Crippen LogP contribution in [0.2, 0.25) is 0 Å². The number of nitrogens with one attached hydrogen (secondary N) is 1. The topological polar surface area (TPSA) is 58.6 Å². The molecule has 4 rings (SSSR count). The van der Waals surface area contributed by atoms with Gasteiger partial charge in [0, 0.05) is 30.2 Å². The van der Waals surface area contributed by atoms with E-state index in [1.54, 1.807) is 24.3 Å². The maximum Gasteiger partial charge on any atom is 0.240 e. The Morgan fingerprint density at radius 2 is 1.67 bits per heavy atom. The molecule has 5 nitrogen and oxygen atoms in total. The van der Waals surface area contributed by atoms with Gasteiger partial charge in [0.05, 0.1) is 4.90 Å². The van der Waals surface area contributed by atoms with Crippen molar-refractivity contribution in [1.29, 1.82) is 0 Å². The Balaban J connectivity index is 1.20. The number of benzene rings is 3. The van der Waals surface area contributed by atoms with E-state index in [9.17, 15) is 8.42 Å². The minimum Gasteiger partial charge on any atom is -0.457 e. The number of halogens is 1. The number of sulfonamides is 1. The molecule has 174 valence electrons. The fourth-order valence-electron chi connectivity index (χ4n) is 4.02. The van der Waals surface area contributed by atoms with Gasteiger partial charge in [-0.1, -0.05) is 52.7 Å². The van der Waals surface area contributed by atoms with Crippen LogP contribution >= 0.6 is 15.9 Å². The number of ether oxygens (including phenoxy) is 1. The van der Waals surface area contributed by atoms with Gasteiger partial charge in [0.2, 0.25) is 10.0 Å². The molecule has 0 saturated carbocycles. The zero-order valence-corrected chi connectivity index (χ0v) is 20.9. The number of rotatable bonds is 10. The highest BCUT2D eigenvalue weighted by molar-refractivity contribution is 9.10. The Morgan fingerprint density at radius 1 is 0.879 bits per heavy atom. The molecule has 7 heteroatoms. The summed E-state index contributed by atoms with van der Waals surface area (Å²) in [6.07, 6.45) is 3.99. The van der Waals surface area contributed by atoms with E-state index in [0.717, 1.165) is 49.8 Å². The lowest BCUT2D eigenvalue weighted by Gasteiger charge is -2.28. The van der Waals surface area contributed by atoms with Crippen LogP contribution in [0.1, 0.15) is 30.4 Å². The molecule has 33 heavy (non-hydrogen) atoms. The summed E-state index contributed by atoms with van der Waals surface area (Å²) in [5.41, 5.74) is 2.90. The maximum absolute atomic E-state index is 12.7. The van der Waals surface area contributed by atoms with Crippen LogP contribution in [-0.2, 0) is 23.0 Å². The molecule has 1 aliphatic rings. The summed E-state index contributed by atoms with van der Waals surface area (Å²) in [5.74, 6) is 1.14. The average Bonchev–Trinajstić information content (AvgIpc) is 2.83. The van der Waals surface area contributed by atoms with Gasteiger partial charge in [-0.3, -0.25) is 4.90 Å². The van der Waals surface area contributed by atoms with Gasteiger partial charge in [-0.15, -0.1) is 0 Å². The Morgan fingerprint density at radius 3 is 2.48 bits per heavy atom. The van der Waals surface area contributed by atoms with Crippen molar-refractivity contribution in [2.45, 2.75) is 37.1 Å². The molecular formula is C26H29BrN2O3S. The lowest BCUT2D eigenvalue weighted by atomic mass is 10.00. The van der Waals surface area contributed by atoms with Crippen LogP contribution in [0.5, 0.6) is 11.5 Å². The van der Waals surface area contributed by atoms with Crippen molar-refractivity contribution < 1.29 is 13.2 Å². The molecule has 0 aliphatic carbocycles. The van der Waals surface area contributed by atoms with Crippen molar-refractivity contribution in [1.82, 2.24) is 9.62 Å². The summed E-state index contributed by atoms with van der Waals surface area (Å²) in [4.78, 5) is 2.70. The molecular weight excluding hydrogens is 500 g/mol. The summed E-state index contributed by atoms with van der Waals surface area (Å²) in [7, 11) is -3.57. The fourth-order valence-corrected chi connectivity index (χ4v) is 5.39. The van der Waals surface area contributed by atoms with Crippen LogP contribution in [0.15, 0.2) is 82.2 Å². The minimum atomic E-state index is -3.57. The van der Waals surface area contributed by atoms with Crippen LogP contribution in [0, 0.1) is 0 Å². The number of fused-ring (bicyclic) bond motifs is 1. The second-order valence-electron chi connectivity index (χ2n) is 8.28. The first kappa shape index (κ1) is 24.0. The zero-order chi connectivity index (χ0) is 23.1. The van der Waals surface area contributed by atoms with Crippen molar-refractivity contribution in [2.24, 2.45) is 0 Å². The SMILES string of the molecule is O=S(=O)(NCCCCCN1CCc2ccccc2C1)c1cccc(Oc2ccc(Br)cc2)c1. The van der Waals surface area contributed by atoms with E-state index in [0.29, 0.717) is 18.0 Å². The zero-order valence-electron chi connectivity index (χ0n) is 18.5. The first-order chi connectivity index (χ1) is 16.0. The second kappa shape index (κ2) is 11.3. The molecule has 0 bridgehead atoms. The van der Waals surface area contributed by atoms with Crippen molar-refractivity contribution in [3.8, 4) is 11.5 Å². The van der Waals surface area contributed by atoms with Crippen LogP contribution in [0.3, 0.4) is 0 Å². The van der Waals surface area contributed by atoms with Gasteiger partial charge in [0.1, 0.15) is 11.5 Å². The van der Waals surface area contributed by atoms with E-state index in [1.165, 1.54) is 11.1 Å². The minimum absolute atomic E-state index is 0.212. The van der Waals surface area contributed by atoms with Crippen molar-refractivity contribution >= 4 is 26.0 Å². The Labute approximate surface area is 205 Å². The van der Waals surface area contributed by atoms with Crippen molar-refractivity contribution in [3.63, 3.8) is 0 Å². The third-order valence-electron chi connectivity index (χ3n) is 5.82. The van der Waals surface area contributed by atoms with E-state index < -0.39 is 10.0 Å². The molecule has 0 aromatic heterocycles.